The highest BCUT2D eigenvalue weighted by atomic mass is 19.1. The van der Waals surface area contributed by atoms with Crippen molar-refractivity contribution in [3.05, 3.63) is 79.3 Å². The fourth-order valence-electron chi connectivity index (χ4n) is 4.08. The molecule has 0 bridgehead atoms. The van der Waals surface area contributed by atoms with Crippen molar-refractivity contribution >= 4 is 21.8 Å². The molecule has 4 aromatic heterocycles. The van der Waals surface area contributed by atoms with Crippen molar-refractivity contribution in [2.45, 2.75) is 0 Å². The quantitative estimate of drug-likeness (QED) is 0.387. The standard InChI is InChI=1S/C25H17FN6O/c1-33-18-7-15(6-17(26)9-18)24-20-10-23(30-21(20)4-5-29-24)25-19-8-14(2-3-22(19)31-32-25)16-11-27-13-28-12-16/h2-13,30H,1H3,(H,31,32). The Morgan fingerprint density at radius 2 is 1.67 bits per heavy atom. The third-order valence-corrected chi connectivity index (χ3v) is 5.64. The molecule has 2 N–H and O–H groups in total. The molecular weight excluding hydrogens is 419 g/mol. The average Bonchev–Trinajstić information content (AvgIpc) is 3.47. The van der Waals surface area contributed by atoms with Gasteiger partial charge in [-0.05, 0) is 42.0 Å². The fourth-order valence-corrected chi connectivity index (χ4v) is 4.08. The number of halogens is 1. The molecule has 0 spiro atoms. The molecule has 4 heterocycles. The number of nitrogens with zero attached hydrogens (tertiary/aromatic N) is 4. The Labute approximate surface area is 187 Å². The number of benzene rings is 2. The lowest BCUT2D eigenvalue weighted by Gasteiger charge is -2.06. The van der Waals surface area contributed by atoms with Crippen LogP contribution < -0.4 is 4.74 Å². The highest BCUT2D eigenvalue weighted by Crippen LogP contribution is 2.35. The number of nitrogens with one attached hydrogen (secondary N) is 2. The van der Waals surface area contributed by atoms with Crippen molar-refractivity contribution < 1.29 is 9.13 Å². The highest BCUT2D eigenvalue weighted by Gasteiger charge is 2.16. The third kappa shape index (κ3) is 3.28. The maximum atomic E-state index is 14.1. The van der Waals surface area contributed by atoms with E-state index in [-0.39, 0.29) is 5.82 Å². The molecule has 6 rings (SSSR count). The van der Waals surface area contributed by atoms with Gasteiger partial charge in [-0.1, -0.05) is 6.07 Å². The Morgan fingerprint density at radius 1 is 0.818 bits per heavy atom. The lowest BCUT2D eigenvalue weighted by atomic mass is 10.0. The first-order valence-electron chi connectivity index (χ1n) is 10.3. The van der Waals surface area contributed by atoms with E-state index >= 15 is 0 Å². The van der Waals surface area contributed by atoms with Crippen LogP contribution in [0.4, 0.5) is 4.39 Å². The largest absolute Gasteiger partial charge is 0.497 e. The summed E-state index contributed by atoms with van der Waals surface area (Å²) in [7, 11) is 1.51. The molecule has 0 aliphatic rings. The van der Waals surface area contributed by atoms with E-state index in [1.807, 2.05) is 24.3 Å². The predicted molar refractivity (Wildman–Crippen MR) is 124 cm³/mol. The zero-order valence-corrected chi connectivity index (χ0v) is 17.5. The van der Waals surface area contributed by atoms with E-state index in [0.717, 1.165) is 44.3 Å². The highest BCUT2D eigenvalue weighted by molar-refractivity contribution is 6.00. The van der Waals surface area contributed by atoms with Gasteiger partial charge in [-0.15, -0.1) is 0 Å². The van der Waals surface area contributed by atoms with Crippen LogP contribution >= 0.6 is 0 Å². The lowest BCUT2D eigenvalue weighted by molar-refractivity contribution is 0.411. The average molecular weight is 436 g/mol. The summed E-state index contributed by atoms with van der Waals surface area (Å²) < 4.78 is 19.4. The summed E-state index contributed by atoms with van der Waals surface area (Å²) in [5.41, 5.74) is 6.62. The summed E-state index contributed by atoms with van der Waals surface area (Å²) in [5.74, 6) is 0.0601. The molecule has 0 unspecified atom stereocenters. The van der Waals surface area contributed by atoms with Crippen molar-refractivity contribution in [1.29, 1.82) is 0 Å². The monoisotopic (exact) mass is 436 g/mol. The normalized spacial score (nSPS) is 11.3. The minimum atomic E-state index is -0.380. The molecule has 0 aliphatic heterocycles. The van der Waals surface area contributed by atoms with E-state index in [4.69, 9.17) is 4.74 Å². The number of rotatable bonds is 4. The molecule has 33 heavy (non-hydrogen) atoms. The summed E-state index contributed by atoms with van der Waals surface area (Å²) in [6.45, 7) is 0. The van der Waals surface area contributed by atoms with Gasteiger partial charge in [0.25, 0.3) is 0 Å². The smallest absolute Gasteiger partial charge is 0.127 e. The van der Waals surface area contributed by atoms with Crippen LogP contribution in [0.5, 0.6) is 5.75 Å². The number of methoxy groups -OCH3 is 1. The van der Waals surface area contributed by atoms with Gasteiger partial charge in [-0.3, -0.25) is 10.1 Å². The maximum absolute atomic E-state index is 14.1. The molecule has 6 aromatic rings. The number of hydrogen-bond donors (Lipinski definition) is 2. The van der Waals surface area contributed by atoms with Gasteiger partial charge in [-0.25, -0.2) is 14.4 Å². The van der Waals surface area contributed by atoms with Crippen LogP contribution in [0.2, 0.25) is 0 Å². The van der Waals surface area contributed by atoms with Crippen LogP contribution in [0, 0.1) is 5.82 Å². The molecule has 0 aliphatic carbocycles. The van der Waals surface area contributed by atoms with Gasteiger partial charge in [0.2, 0.25) is 0 Å². The molecule has 0 atom stereocenters. The van der Waals surface area contributed by atoms with Crippen molar-refractivity contribution in [3.63, 3.8) is 0 Å². The van der Waals surface area contributed by atoms with Crippen LogP contribution in [-0.2, 0) is 0 Å². The third-order valence-electron chi connectivity index (χ3n) is 5.64. The molecule has 0 saturated carbocycles. The van der Waals surface area contributed by atoms with Gasteiger partial charge in [0.15, 0.2) is 0 Å². The van der Waals surface area contributed by atoms with E-state index in [1.54, 1.807) is 24.7 Å². The van der Waals surface area contributed by atoms with E-state index in [9.17, 15) is 4.39 Å². The Bertz CT molecular complexity index is 1620. The minimum Gasteiger partial charge on any atom is -0.497 e. The van der Waals surface area contributed by atoms with Crippen molar-refractivity contribution in [3.8, 4) is 39.5 Å². The number of H-pyrrole nitrogens is 2. The number of hydrogen-bond acceptors (Lipinski definition) is 5. The molecule has 0 radical (unpaired) electrons. The van der Waals surface area contributed by atoms with Gasteiger partial charge in [0.1, 0.15) is 23.6 Å². The maximum Gasteiger partial charge on any atom is 0.127 e. The van der Waals surface area contributed by atoms with Gasteiger partial charge in [0.05, 0.1) is 24.0 Å². The Kier molecular flexibility index (Phi) is 4.36. The summed E-state index contributed by atoms with van der Waals surface area (Å²) in [5, 5.41) is 9.47. The molecular formula is C25H17FN6O. The Hall–Kier alpha value is -4.59. The van der Waals surface area contributed by atoms with Crippen LogP contribution in [0.1, 0.15) is 0 Å². The van der Waals surface area contributed by atoms with E-state index in [1.165, 1.54) is 25.6 Å². The van der Waals surface area contributed by atoms with Crippen LogP contribution in [0.25, 0.3) is 55.6 Å². The van der Waals surface area contributed by atoms with E-state index in [2.05, 4.69) is 36.2 Å². The Balaban J connectivity index is 1.50. The van der Waals surface area contributed by atoms with Gasteiger partial charge in [0, 0.05) is 52.1 Å². The predicted octanol–water partition coefficient (Wildman–Crippen LogP) is 5.38. The molecule has 7 nitrogen and oxygen atoms in total. The van der Waals surface area contributed by atoms with Crippen molar-refractivity contribution in [2.75, 3.05) is 7.11 Å². The van der Waals surface area contributed by atoms with Gasteiger partial charge in [-0.2, -0.15) is 5.10 Å². The van der Waals surface area contributed by atoms with Crippen molar-refractivity contribution in [1.82, 2.24) is 30.1 Å². The lowest BCUT2D eigenvalue weighted by Crippen LogP contribution is -1.89. The molecule has 8 heteroatoms. The number of pyridine rings is 1. The molecule has 0 amide bonds. The molecule has 160 valence electrons. The minimum absolute atomic E-state index is 0.380. The fraction of sp³-hybridized carbons (Fsp3) is 0.0400. The second kappa shape index (κ2) is 7.52. The van der Waals surface area contributed by atoms with Gasteiger partial charge < -0.3 is 9.72 Å². The number of ether oxygens (including phenoxy) is 1. The SMILES string of the molecule is COc1cc(F)cc(-c2nccc3[nH]c(-c4n[nH]c5ccc(-c6cncnc6)cc45)cc23)c1. The first-order valence-corrected chi connectivity index (χ1v) is 10.3. The zero-order valence-electron chi connectivity index (χ0n) is 17.5. The summed E-state index contributed by atoms with van der Waals surface area (Å²) >= 11 is 0. The number of aromatic amines is 2. The Morgan fingerprint density at radius 3 is 2.52 bits per heavy atom. The summed E-state index contributed by atoms with van der Waals surface area (Å²) in [4.78, 5) is 16.2. The first-order chi connectivity index (χ1) is 16.2. The molecule has 0 saturated heterocycles. The van der Waals surface area contributed by atoms with Gasteiger partial charge >= 0.3 is 0 Å². The van der Waals surface area contributed by atoms with Crippen LogP contribution in [0.15, 0.2) is 73.4 Å². The van der Waals surface area contributed by atoms with Crippen molar-refractivity contribution in [2.24, 2.45) is 0 Å². The van der Waals surface area contributed by atoms with E-state index in [0.29, 0.717) is 17.0 Å². The van der Waals surface area contributed by atoms with Crippen LogP contribution in [-0.4, -0.2) is 37.2 Å². The topological polar surface area (TPSA) is 92.4 Å². The number of fused-ring (bicyclic) bond motifs is 2. The number of aromatic nitrogens is 6. The molecule has 2 aromatic carbocycles. The first kappa shape index (κ1) is 19.1. The zero-order chi connectivity index (χ0) is 22.4. The molecule has 0 fully saturated rings. The summed E-state index contributed by atoms with van der Waals surface area (Å²) in [6, 6.07) is 14.5. The summed E-state index contributed by atoms with van der Waals surface area (Å²) in [6.07, 6.45) is 6.77. The second-order valence-corrected chi connectivity index (χ2v) is 7.64. The second-order valence-electron chi connectivity index (χ2n) is 7.64. The van der Waals surface area contributed by atoms with Crippen LogP contribution in [0.3, 0.4) is 0 Å². The van der Waals surface area contributed by atoms with E-state index < -0.39 is 0 Å².